The molecule has 0 radical (unpaired) electrons. The standard InChI is InChI=1S/C13H23N5O/c1-9-4-3-5-10(6-9)15-11-7-12(18-14)17-13(16-11)8-19-2/h7,9-10H,3-6,8,14H2,1-2H3,(H2,15,16,17,18). The van der Waals surface area contributed by atoms with Crippen molar-refractivity contribution in [1.29, 1.82) is 0 Å². The molecule has 106 valence electrons. The molecule has 19 heavy (non-hydrogen) atoms. The van der Waals surface area contributed by atoms with Crippen molar-refractivity contribution in [3.8, 4) is 0 Å². The summed E-state index contributed by atoms with van der Waals surface area (Å²) in [7, 11) is 1.63. The average Bonchev–Trinajstić information content (AvgIpc) is 2.39. The van der Waals surface area contributed by atoms with Crippen LogP contribution in [0.3, 0.4) is 0 Å². The van der Waals surface area contributed by atoms with Gasteiger partial charge in [0.15, 0.2) is 5.82 Å². The first-order chi connectivity index (χ1) is 9.21. The highest BCUT2D eigenvalue weighted by atomic mass is 16.5. The van der Waals surface area contributed by atoms with Crippen LogP contribution >= 0.6 is 0 Å². The summed E-state index contributed by atoms with van der Waals surface area (Å²) in [6, 6.07) is 2.32. The molecule has 1 heterocycles. The summed E-state index contributed by atoms with van der Waals surface area (Å²) in [6.07, 6.45) is 4.98. The van der Waals surface area contributed by atoms with Gasteiger partial charge in [-0.1, -0.05) is 19.8 Å². The molecule has 1 aliphatic carbocycles. The Balaban J connectivity index is 2.07. The molecule has 1 aromatic rings. The fraction of sp³-hybridized carbons (Fsp3) is 0.692. The number of ether oxygens (including phenoxy) is 1. The predicted molar refractivity (Wildman–Crippen MR) is 75.6 cm³/mol. The van der Waals surface area contributed by atoms with Crippen molar-refractivity contribution in [2.75, 3.05) is 17.9 Å². The van der Waals surface area contributed by atoms with Crippen molar-refractivity contribution in [3.05, 3.63) is 11.9 Å². The Labute approximate surface area is 114 Å². The summed E-state index contributed by atoms with van der Waals surface area (Å²) in [6.45, 7) is 2.68. The zero-order chi connectivity index (χ0) is 13.7. The second-order valence-corrected chi connectivity index (χ2v) is 5.25. The Morgan fingerprint density at radius 3 is 2.84 bits per heavy atom. The van der Waals surface area contributed by atoms with E-state index in [0.717, 1.165) is 11.7 Å². The molecular formula is C13H23N5O. The van der Waals surface area contributed by atoms with Gasteiger partial charge in [-0.3, -0.25) is 0 Å². The largest absolute Gasteiger partial charge is 0.377 e. The first kappa shape index (κ1) is 14.0. The fourth-order valence-electron chi connectivity index (χ4n) is 2.61. The molecular weight excluding hydrogens is 242 g/mol. The number of nitrogens with two attached hydrogens (primary N) is 1. The molecule has 0 aromatic carbocycles. The van der Waals surface area contributed by atoms with Crippen molar-refractivity contribution in [2.24, 2.45) is 11.8 Å². The summed E-state index contributed by atoms with van der Waals surface area (Å²) in [5, 5.41) is 3.48. The Morgan fingerprint density at radius 2 is 2.16 bits per heavy atom. The van der Waals surface area contributed by atoms with Crippen LogP contribution in [0.2, 0.25) is 0 Å². The van der Waals surface area contributed by atoms with Crippen molar-refractivity contribution < 1.29 is 4.74 Å². The van der Waals surface area contributed by atoms with Gasteiger partial charge in [-0.15, -0.1) is 0 Å². The van der Waals surface area contributed by atoms with E-state index in [1.165, 1.54) is 25.7 Å². The first-order valence-corrected chi connectivity index (χ1v) is 6.81. The molecule has 2 unspecified atom stereocenters. The van der Waals surface area contributed by atoms with Crippen molar-refractivity contribution >= 4 is 11.6 Å². The van der Waals surface area contributed by atoms with E-state index in [2.05, 4.69) is 27.6 Å². The van der Waals surface area contributed by atoms with Gasteiger partial charge >= 0.3 is 0 Å². The number of hydrogen-bond acceptors (Lipinski definition) is 6. The number of aromatic nitrogens is 2. The third-order valence-corrected chi connectivity index (χ3v) is 3.48. The van der Waals surface area contributed by atoms with E-state index in [0.29, 0.717) is 24.3 Å². The molecule has 6 heteroatoms. The first-order valence-electron chi connectivity index (χ1n) is 6.81. The van der Waals surface area contributed by atoms with E-state index in [-0.39, 0.29) is 0 Å². The van der Waals surface area contributed by atoms with Gasteiger partial charge in [0.2, 0.25) is 0 Å². The van der Waals surface area contributed by atoms with Crippen LogP contribution in [0.25, 0.3) is 0 Å². The molecule has 2 atom stereocenters. The molecule has 0 aliphatic heterocycles. The number of nitrogen functional groups attached to an aromatic ring is 1. The van der Waals surface area contributed by atoms with Crippen LogP contribution in [0.1, 0.15) is 38.4 Å². The van der Waals surface area contributed by atoms with Gasteiger partial charge in [-0.05, 0) is 18.8 Å². The van der Waals surface area contributed by atoms with Gasteiger partial charge in [-0.2, -0.15) is 0 Å². The summed E-state index contributed by atoms with van der Waals surface area (Å²) >= 11 is 0. The topological polar surface area (TPSA) is 85.1 Å². The lowest BCUT2D eigenvalue weighted by Gasteiger charge is -2.28. The lowest BCUT2D eigenvalue weighted by atomic mass is 9.87. The monoisotopic (exact) mass is 265 g/mol. The molecule has 0 saturated heterocycles. The van der Waals surface area contributed by atoms with Crippen molar-refractivity contribution in [2.45, 2.75) is 45.3 Å². The minimum atomic E-state index is 0.380. The number of anilines is 2. The zero-order valence-electron chi connectivity index (χ0n) is 11.6. The van der Waals surface area contributed by atoms with Crippen LogP contribution in [0.5, 0.6) is 0 Å². The second kappa shape index (κ2) is 6.68. The number of hydrogen-bond donors (Lipinski definition) is 3. The second-order valence-electron chi connectivity index (χ2n) is 5.25. The molecule has 2 rings (SSSR count). The Bertz CT molecular complexity index is 412. The number of nitrogens with zero attached hydrogens (tertiary/aromatic N) is 2. The molecule has 1 fully saturated rings. The highest BCUT2D eigenvalue weighted by molar-refractivity contribution is 5.47. The third kappa shape index (κ3) is 4.04. The maximum absolute atomic E-state index is 5.43. The van der Waals surface area contributed by atoms with Crippen LogP contribution in [-0.2, 0) is 11.3 Å². The van der Waals surface area contributed by atoms with E-state index in [9.17, 15) is 0 Å². The van der Waals surface area contributed by atoms with Crippen LogP contribution in [0.15, 0.2) is 6.07 Å². The van der Waals surface area contributed by atoms with E-state index < -0.39 is 0 Å². The van der Waals surface area contributed by atoms with E-state index in [1.54, 1.807) is 7.11 Å². The maximum atomic E-state index is 5.43. The normalized spacial score (nSPS) is 23.1. The number of nitrogens with one attached hydrogen (secondary N) is 2. The minimum absolute atomic E-state index is 0.380. The third-order valence-electron chi connectivity index (χ3n) is 3.48. The van der Waals surface area contributed by atoms with Gasteiger partial charge in [0.1, 0.15) is 18.2 Å². The molecule has 0 spiro atoms. The Morgan fingerprint density at radius 1 is 1.37 bits per heavy atom. The lowest BCUT2D eigenvalue weighted by Crippen LogP contribution is -2.27. The molecule has 0 amide bonds. The number of hydrazine groups is 1. The van der Waals surface area contributed by atoms with Gasteiger partial charge in [-0.25, -0.2) is 15.8 Å². The molecule has 1 saturated carbocycles. The van der Waals surface area contributed by atoms with Crippen LogP contribution in [0, 0.1) is 5.92 Å². The van der Waals surface area contributed by atoms with Crippen molar-refractivity contribution in [1.82, 2.24) is 9.97 Å². The van der Waals surface area contributed by atoms with Crippen LogP contribution < -0.4 is 16.6 Å². The minimum Gasteiger partial charge on any atom is -0.377 e. The average molecular weight is 265 g/mol. The summed E-state index contributed by atoms with van der Waals surface area (Å²) in [5.74, 6) is 8.25. The molecule has 1 aromatic heterocycles. The SMILES string of the molecule is COCc1nc(NN)cc(NC2CCCC(C)C2)n1. The molecule has 6 nitrogen and oxygen atoms in total. The van der Waals surface area contributed by atoms with E-state index in [4.69, 9.17) is 10.6 Å². The smallest absolute Gasteiger partial charge is 0.158 e. The quantitative estimate of drug-likeness (QED) is 0.557. The Hall–Kier alpha value is -1.40. The predicted octanol–water partition coefficient (Wildman–Crippen LogP) is 1.90. The highest BCUT2D eigenvalue weighted by Gasteiger charge is 2.19. The highest BCUT2D eigenvalue weighted by Crippen LogP contribution is 2.26. The maximum Gasteiger partial charge on any atom is 0.158 e. The lowest BCUT2D eigenvalue weighted by molar-refractivity contribution is 0.178. The van der Waals surface area contributed by atoms with Gasteiger partial charge in [0, 0.05) is 19.2 Å². The molecule has 4 N–H and O–H groups in total. The van der Waals surface area contributed by atoms with Crippen molar-refractivity contribution in [3.63, 3.8) is 0 Å². The van der Waals surface area contributed by atoms with Crippen LogP contribution in [-0.4, -0.2) is 23.1 Å². The number of methoxy groups -OCH3 is 1. The zero-order valence-corrected chi connectivity index (χ0v) is 11.6. The van der Waals surface area contributed by atoms with Gasteiger partial charge < -0.3 is 15.5 Å². The van der Waals surface area contributed by atoms with Gasteiger partial charge in [0.25, 0.3) is 0 Å². The summed E-state index contributed by atoms with van der Waals surface area (Å²) in [4.78, 5) is 8.68. The van der Waals surface area contributed by atoms with Crippen LogP contribution in [0.4, 0.5) is 11.6 Å². The van der Waals surface area contributed by atoms with E-state index in [1.807, 2.05) is 6.07 Å². The summed E-state index contributed by atoms with van der Waals surface area (Å²) in [5.41, 5.74) is 2.57. The molecule has 1 aliphatic rings. The summed E-state index contributed by atoms with van der Waals surface area (Å²) < 4.78 is 5.07. The van der Waals surface area contributed by atoms with Gasteiger partial charge in [0.05, 0.1) is 0 Å². The number of rotatable bonds is 5. The molecule has 0 bridgehead atoms. The Kier molecular flexibility index (Phi) is 4.93. The fourth-order valence-corrected chi connectivity index (χ4v) is 2.61. The van der Waals surface area contributed by atoms with E-state index >= 15 is 0 Å².